The van der Waals surface area contributed by atoms with Crippen molar-refractivity contribution in [2.45, 2.75) is 25.3 Å². The molecular formula is C18H16F2N2O2. The number of carbonyl (C=O) groups is 2. The number of anilines is 1. The first kappa shape index (κ1) is 16.1. The van der Waals surface area contributed by atoms with Gasteiger partial charge in [0.05, 0.1) is 12.0 Å². The van der Waals surface area contributed by atoms with Crippen LogP contribution in [0, 0.1) is 11.6 Å². The van der Waals surface area contributed by atoms with Gasteiger partial charge in [-0.1, -0.05) is 18.2 Å². The van der Waals surface area contributed by atoms with E-state index in [9.17, 15) is 18.4 Å². The van der Waals surface area contributed by atoms with Crippen molar-refractivity contribution >= 4 is 17.5 Å². The second kappa shape index (κ2) is 6.39. The summed E-state index contributed by atoms with van der Waals surface area (Å²) in [4.78, 5) is 24.4. The number of fused-ring (bicyclic) bond motifs is 1. The van der Waals surface area contributed by atoms with Crippen LogP contribution in [0.2, 0.25) is 0 Å². The maximum atomic E-state index is 13.3. The van der Waals surface area contributed by atoms with Crippen LogP contribution < -0.4 is 10.6 Å². The molecule has 3 rings (SSSR count). The number of nitrogens with one attached hydrogen (secondary N) is 2. The van der Waals surface area contributed by atoms with Crippen LogP contribution in [0.25, 0.3) is 0 Å². The van der Waals surface area contributed by atoms with Crippen LogP contribution in [-0.2, 0) is 9.59 Å². The molecule has 2 amide bonds. The minimum atomic E-state index is -0.683. The Morgan fingerprint density at radius 2 is 1.83 bits per heavy atom. The standard InChI is InChI=1S/C18H16F2N2O2/c1-10(11-2-4-12(19)5-3-11)21-18(24)15-9-17(23)22-16-8-13(20)6-7-14(15)16/h2-8,10,15H,9H2,1H3,(H,21,24)(H,22,23)/t10-,15+/m1/s1. The molecule has 1 aliphatic heterocycles. The van der Waals surface area contributed by atoms with Crippen LogP contribution in [0.4, 0.5) is 14.5 Å². The molecular weight excluding hydrogens is 314 g/mol. The Morgan fingerprint density at radius 3 is 2.54 bits per heavy atom. The summed E-state index contributed by atoms with van der Waals surface area (Å²) in [6.45, 7) is 1.78. The third-order valence-electron chi connectivity index (χ3n) is 4.10. The lowest BCUT2D eigenvalue weighted by molar-refractivity contribution is -0.126. The molecule has 124 valence electrons. The molecule has 0 aliphatic carbocycles. The van der Waals surface area contributed by atoms with E-state index in [4.69, 9.17) is 0 Å². The summed E-state index contributed by atoms with van der Waals surface area (Å²) in [7, 11) is 0. The zero-order chi connectivity index (χ0) is 17.3. The molecule has 0 aromatic heterocycles. The minimum absolute atomic E-state index is 0.000599. The van der Waals surface area contributed by atoms with E-state index in [1.807, 2.05) is 0 Å². The van der Waals surface area contributed by atoms with E-state index in [0.717, 1.165) is 5.56 Å². The highest BCUT2D eigenvalue weighted by Gasteiger charge is 2.31. The van der Waals surface area contributed by atoms with Gasteiger partial charge in [-0.05, 0) is 42.3 Å². The maximum absolute atomic E-state index is 13.3. The van der Waals surface area contributed by atoms with Gasteiger partial charge in [0, 0.05) is 12.1 Å². The Kier molecular flexibility index (Phi) is 4.29. The molecule has 2 aromatic carbocycles. The number of benzene rings is 2. The van der Waals surface area contributed by atoms with Gasteiger partial charge in [0.2, 0.25) is 11.8 Å². The summed E-state index contributed by atoms with van der Waals surface area (Å²) >= 11 is 0. The van der Waals surface area contributed by atoms with E-state index in [1.54, 1.807) is 19.1 Å². The SMILES string of the molecule is C[C@@H](NC(=O)[C@H]1CC(=O)Nc2cc(F)ccc21)c1ccc(F)cc1. The first-order valence-corrected chi connectivity index (χ1v) is 7.59. The second-order valence-electron chi connectivity index (χ2n) is 5.82. The zero-order valence-corrected chi connectivity index (χ0v) is 13.0. The van der Waals surface area contributed by atoms with E-state index in [0.29, 0.717) is 11.3 Å². The molecule has 1 aliphatic rings. The minimum Gasteiger partial charge on any atom is -0.349 e. The molecule has 6 heteroatoms. The monoisotopic (exact) mass is 330 g/mol. The number of carbonyl (C=O) groups excluding carboxylic acids is 2. The van der Waals surface area contributed by atoms with Gasteiger partial charge in [-0.15, -0.1) is 0 Å². The third-order valence-corrected chi connectivity index (χ3v) is 4.10. The van der Waals surface area contributed by atoms with Crippen LogP contribution in [-0.4, -0.2) is 11.8 Å². The molecule has 24 heavy (non-hydrogen) atoms. The van der Waals surface area contributed by atoms with Crippen molar-refractivity contribution in [2.24, 2.45) is 0 Å². The van der Waals surface area contributed by atoms with Gasteiger partial charge in [0.15, 0.2) is 0 Å². The van der Waals surface area contributed by atoms with E-state index < -0.39 is 11.7 Å². The van der Waals surface area contributed by atoms with Crippen molar-refractivity contribution in [3.63, 3.8) is 0 Å². The number of halogens is 2. The summed E-state index contributed by atoms with van der Waals surface area (Å²) in [6.07, 6.45) is 0.000599. The van der Waals surface area contributed by atoms with Crippen molar-refractivity contribution < 1.29 is 18.4 Å². The fourth-order valence-corrected chi connectivity index (χ4v) is 2.82. The summed E-state index contributed by atoms with van der Waals surface area (Å²) in [5.41, 5.74) is 1.66. The van der Waals surface area contributed by atoms with Gasteiger partial charge in [0.1, 0.15) is 11.6 Å². The number of rotatable bonds is 3. The summed E-state index contributed by atoms with van der Waals surface area (Å²) < 4.78 is 26.3. The molecule has 0 bridgehead atoms. The van der Waals surface area contributed by atoms with Crippen LogP contribution in [0.5, 0.6) is 0 Å². The lowest BCUT2D eigenvalue weighted by Crippen LogP contribution is -2.36. The highest BCUT2D eigenvalue weighted by Crippen LogP contribution is 2.33. The molecule has 4 nitrogen and oxygen atoms in total. The average Bonchev–Trinajstić information content (AvgIpc) is 2.54. The Morgan fingerprint density at radius 1 is 1.17 bits per heavy atom. The van der Waals surface area contributed by atoms with Crippen LogP contribution in [0.1, 0.15) is 36.4 Å². The highest BCUT2D eigenvalue weighted by atomic mass is 19.1. The quantitative estimate of drug-likeness (QED) is 0.907. The maximum Gasteiger partial charge on any atom is 0.228 e. The number of amides is 2. The highest BCUT2D eigenvalue weighted by molar-refractivity contribution is 6.01. The first-order chi connectivity index (χ1) is 11.4. The molecule has 0 fully saturated rings. The van der Waals surface area contributed by atoms with E-state index in [1.165, 1.54) is 30.3 Å². The molecule has 0 saturated heterocycles. The molecule has 0 unspecified atom stereocenters. The third kappa shape index (κ3) is 3.27. The van der Waals surface area contributed by atoms with Gasteiger partial charge >= 0.3 is 0 Å². The van der Waals surface area contributed by atoms with Gasteiger partial charge in [-0.3, -0.25) is 9.59 Å². The van der Waals surface area contributed by atoms with E-state index >= 15 is 0 Å². The molecule has 2 atom stereocenters. The van der Waals surface area contributed by atoms with Crippen LogP contribution in [0.3, 0.4) is 0 Å². The Hall–Kier alpha value is -2.76. The van der Waals surface area contributed by atoms with Crippen molar-refractivity contribution in [3.8, 4) is 0 Å². The summed E-state index contributed by atoms with van der Waals surface area (Å²) in [5, 5.41) is 5.40. The number of hydrogen-bond acceptors (Lipinski definition) is 2. The van der Waals surface area contributed by atoms with Gasteiger partial charge < -0.3 is 10.6 Å². The van der Waals surface area contributed by atoms with Crippen molar-refractivity contribution in [1.29, 1.82) is 0 Å². The van der Waals surface area contributed by atoms with E-state index in [2.05, 4.69) is 10.6 Å². The topological polar surface area (TPSA) is 58.2 Å². The second-order valence-corrected chi connectivity index (χ2v) is 5.82. The molecule has 1 heterocycles. The smallest absolute Gasteiger partial charge is 0.228 e. The van der Waals surface area contributed by atoms with Gasteiger partial charge in [-0.2, -0.15) is 0 Å². The Labute approximate surface area is 137 Å². The Balaban J connectivity index is 1.80. The van der Waals surface area contributed by atoms with Crippen molar-refractivity contribution in [1.82, 2.24) is 5.32 Å². The zero-order valence-electron chi connectivity index (χ0n) is 13.0. The molecule has 0 spiro atoms. The molecule has 0 radical (unpaired) electrons. The predicted molar refractivity (Wildman–Crippen MR) is 85.3 cm³/mol. The lowest BCUT2D eigenvalue weighted by atomic mass is 9.89. The van der Waals surface area contributed by atoms with Gasteiger partial charge in [0.25, 0.3) is 0 Å². The largest absolute Gasteiger partial charge is 0.349 e. The molecule has 0 saturated carbocycles. The van der Waals surface area contributed by atoms with E-state index in [-0.39, 0.29) is 30.1 Å². The fraction of sp³-hybridized carbons (Fsp3) is 0.222. The molecule has 2 N–H and O–H groups in total. The van der Waals surface area contributed by atoms with Gasteiger partial charge in [-0.25, -0.2) is 8.78 Å². The fourth-order valence-electron chi connectivity index (χ4n) is 2.82. The lowest BCUT2D eigenvalue weighted by Gasteiger charge is -2.26. The first-order valence-electron chi connectivity index (χ1n) is 7.59. The molecule has 2 aromatic rings. The summed E-state index contributed by atoms with van der Waals surface area (Å²) in [5.74, 6) is -2.17. The van der Waals surface area contributed by atoms with Crippen LogP contribution >= 0.6 is 0 Å². The normalized spacial score (nSPS) is 17.6. The Bertz CT molecular complexity index is 790. The van der Waals surface area contributed by atoms with Crippen molar-refractivity contribution in [2.75, 3.05) is 5.32 Å². The summed E-state index contributed by atoms with van der Waals surface area (Å²) in [6, 6.07) is 9.47. The average molecular weight is 330 g/mol. The predicted octanol–water partition coefficient (Wildman–Crippen LogP) is 3.27. The van der Waals surface area contributed by atoms with Crippen LogP contribution in [0.15, 0.2) is 42.5 Å². The van der Waals surface area contributed by atoms with Crippen molar-refractivity contribution in [3.05, 3.63) is 65.2 Å². The number of hydrogen-bond donors (Lipinski definition) is 2.